The van der Waals surface area contributed by atoms with Gasteiger partial charge in [0.2, 0.25) is 0 Å². The van der Waals surface area contributed by atoms with E-state index in [1.54, 1.807) is 19.1 Å². The number of carboxylic acids is 1. The summed E-state index contributed by atoms with van der Waals surface area (Å²) in [7, 11) is 0. The summed E-state index contributed by atoms with van der Waals surface area (Å²) >= 11 is 0. The molecule has 0 saturated carbocycles. The fourth-order valence-corrected chi connectivity index (χ4v) is 0.837. The Morgan fingerprint density at radius 3 is 2.85 bits per heavy atom. The van der Waals surface area contributed by atoms with Crippen LogP contribution in [0.2, 0.25) is 0 Å². The lowest BCUT2D eigenvalue weighted by atomic mass is 10.2. The zero-order valence-electron chi connectivity index (χ0n) is 8.05. The highest BCUT2D eigenvalue weighted by Gasteiger charge is 1.97. The van der Waals surface area contributed by atoms with Gasteiger partial charge in [-0.3, -0.25) is 0 Å². The first-order valence-electron chi connectivity index (χ1n) is 4.40. The van der Waals surface area contributed by atoms with E-state index in [0.29, 0.717) is 5.57 Å². The molecule has 0 heterocycles. The highest BCUT2D eigenvalue weighted by Crippen LogP contribution is 1.97. The molecule has 74 valence electrons. The van der Waals surface area contributed by atoms with Crippen LogP contribution < -0.4 is 5.32 Å². The molecular formula is C10H17NO2. The number of carbonyl (C=O) groups is 1. The van der Waals surface area contributed by atoms with Gasteiger partial charge in [0.1, 0.15) is 0 Å². The minimum atomic E-state index is -0.834. The van der Waals surface area contributed by atoms with Crippen molar-refractivity contribution in [2.75, 3.05) is 13.1 Å². The van der Waals surface area contributed by atoms with Crippen molar-refractivity contribution in [1.82, 2.24) is 5.32 Å². The van der Waals surface area contributed by atoms with E-state index in [4.69, 9.17) is 5.11 Å². The van der Waals surface area contributed by atoms with E-state index in [1.807, 2.05) is 0 Å². The smallest absolute Gasteiger partial charge is 0.330 e. The summed E-state index contributed by atoms with van der Waals surface area (Å²) in [5, 5.41) is 11.7. The molecule has 3 nitrogen and oxygen atoms in total. The Hall–Kier alpha value is -1.09. The van der Waals surface area contributed by atoms with Crippen molar-refractivity contribution < 1.29 is 9.90 Å². The van der Waals surface area contributed by atoms with Crippen molar-refractivity contribution >= 4 is 5.97 Å². The van der Waals surface area contributed by atoms with E-state index in [0.717, 1.165) is 25.9 Å². The second kappa shape index (κ2) is 7.55. The summed E-state index contributed by atoms with van der Waals surface area (Å²) in [6.07, 6.45) is 5.32. The zero-order chi connectivity index (χ0) is 10.1. The lowest BCUT2D eigenvalue weighted by molar-refractivity contribution is -0.132. The molecule has 0 aliphatic carbocycles. The van der Waals surface area contributed by atoms with E-state index in [1.165, 1.54) is 0 Å². The molecule has 0 radical (unpaired) electrons. The fraction of sp³-hybridized carbons (Fsp3) is 0.500. The molecular weight excluding hydrogens is 166 g/mol. The Labute approximate surface area is 79.2 Å². The molecule has 0 unspecified atom stereocenters. The summed E-state index contributed by atoms with van der Waals surface area (Å²) in [5.74, 6) is -0.834. The maximum atomic E-state index is 10.4. The van der Waals surface area contributed by atoms with Gasteiger partial charge in [-0.05, 0) is 26.3 Å². The van der Waals surface area contributed by atoms with Crippen LogP contribution in [0.4, 0.5) is 0 Å². The Morgan fingerprint density at radius 1 is 1.62 bits per heavy atom. The summed E-state index contributed by atoms with van der Waals surface area (Å²) < 4.78 is 0. The third-order valence-corrected chi connectivity index (χ3v) is 1.63. The Balaban J connectivity index is 3.39. The fourth-order valence-electron chi connectivity index (χ4n) is 0.837. The number of hydrogen-bond donors (Lipinski definition) is 2. The van der Waals surface area contributed by atoms with Crippen molar-refractivity contribution in [1.29, 1.82) is 0 Å². The average Bonchev–Trinajstić information content (AvgIpc) is 2.10. The number of allylic oxidation sites excluding steroid dienone is 1. The predicted octanol–water partition coefficient (Wildman–Crippen LogP) is 1.57. The van der Waals surface area contributed by atoms with Crippen LogP contribution in [0.15, 0.2) is 24.3 Å². The Kier molecular flexibility index (Phi) is 6.92. The van der Waals surface area contributed by atoms with Crippen LogP contribution in [0.3, 0.4) is 0 Å². The molecule has 0 aromatic carbocycles. The Morgan fingerprint density at radius 2 is 2.31 bits per heavy atom. The quantitative estimate of drug-likeness (QED) is 0.358. The van der Waals surface area contributed by atoms with Gasteiger partial charge in [0, 0.05) is 12.1 Å². The van der Waals surface area contributed by atoms with Gasteiger partial charge in [-0.1, -0.05) is 12.2 Å². The minimum Gasteiger partial charge on any atom is -0.478 e. The lowest BCUT2D eigenvalue weighted by Gasteiger charge is -1.98. The van der Waals surface area contributed by atoms with Crippen LogP contribution in [-0.2, 0) is 4.79 Å². The van der Waals surface area contributed by atoms with Gasteiger partial charge >= 0.3 is 5.97 Å². The number of nitrogens with one attached hydrogen (secondary N) is 1. The van der Waals surface area contributed by atoms with Gasteiger partial charge in [-0.25, -0.2) is 4.79 Å². The minimum absolute atomic E-state index is 0.420. The zero-order valence-corrected chi connectivity index (χ0v) is 8.05. The van der Waals surface area contributed by atoms with Crippen LogP contribution in [-0.4, -0.2) is 24.2 Å². The van der Waals surface area contributed by atoms with Crippen LogP contribution in [0, 0.1) is 0 Å². The number of hydrogen-bond acceptors (Lipinski definition) is 2. The molecule has 0 aromatic rings. The van der Waals surface area contributed by atoms with Crippen LogP contribution in [0.5, 0.6) is 0 Å². The van der Waals surface area contributed by atoms with Crippen molar-refractivity contribution in [3.8, 4) is 0 Å². The van der Waals surface area contributed by atoms with Gasteiger partial charge in [0.25, 0.3) is 0 Å². The molecule has 0 aliphatic rings. The molecule has 0 amide bonds. The predicted molar refractivity (Wildman–Crippen MR) is 53.7 cm³/mol. The van der Waals surface area contributed by atoms with Gasteiger partial charge in [0.05, 0.1) is 0 Å². The van der Waals surface area contributed by atoms with Crippen molar-refractivity contribution in [3.63, 3.8) is 0 Å². The molecule has 0 fully saturated rings. The lowest BCUT2D eigenvalue weighted by Crippen LogP contribution is -2.14. The SMILES string of the molecule is C=CCNCCCC=C(C)C(=O)O. The van der Waals surface area contributed by atoms with Crippen molar-refractivity contribution in [3.05, 3.63) is 24.3 Å². The van der Waals surface area contributed by atoms with Crippen molar-refractivity contribution in [2.45, 2.75) is 19.8 Å². The third-order valence-electron chi connectivity index (χ3n) is 1.63. The maximum Gasteiger partial charge on any atom is 0.330 e. The van der Waals surface area contributed by atoms with E-state index < -0.39 is 5.97 Å². The normalized spacial score (nSPS) is 11.3. The molecule has 13 heavy (non-hydrogen) atoms. The summed E-state index contributed by atoms with van der Waals surface area (Å²) in [4.78, 5) is 10.4. The van der Waals surface area contributed by atoms with Crippen molar-refractivity contribution in [2.24, 2.45) is 0 Å². The molecule has 0 saturated heterocycles. The first kappa shape index (κ1) is 11.9. The third kappa shape index (κ3) is 7.28. The van der Waals surface area contributed by atoms with Crippen LogP contribution >= 0.6 is 0 Å². The van der Waals surface area contributed by atoms with Gasteiger partial charge in [-0.2, -0.15) is 0 Å². The van der Waals surface area contributed by atoms with E-state index in [2.05, 4.69) is 11.9 Å². The first-order chi connectivity index (χ1) is 6.18. The number of unbranched alkanes of at least 4 members (excludes halogenated alkanes) is 1. The van der Waals surface area contributed by atoms with Crippen LogP contribution in [0.1, 0.15) is 19.8 Å². The van der Waals surface area contributed by atoms with Gasteiger partial charge < -0.3 is 10.4 Å². The Bertz CT molecular complexity index is 197. The number of aliphatic carboxylic acids is 1. The number of rotatable bonds is 7. The molecule has 3 heteroatoms. The van der Waals surface area contributed by atoms with E-state index in [-0.39, 0.29) is 0 Å². The molecule has 0 aromatic heterocycles. The summed E-state index contributed by atoms with van der Waals surface area (Å²) in [5.41, 5.74) is 0.420. The van der Waals surface area contributed by atoms with Gasteiger partial charge in [0.15, 0.2) is 0 Å². The van der Waals surface area contributed by atoms with Gasteiger partial charge in [-0.15, -0.1) is 6.58 Å². The van der Waals surface area contributed by atoms with E-state index >= 15 is 0 Å². The standard InChI is InChI=1S/C10H17NO2/c1-3-7-11-8-5-4-6-9(2)10(12)13/h3,6,11H,1,4-5,7-8H2,2H3,(H,12,13). The number of carboxylic acid groups (broad SMARTS) is 1. The van der Waals surface area contributed by atoms with Crippen LogP contribution in [0.25, 0.3) is 0 Å². The average molecular weight is 183 g/mol. The molecule has 0 atom stereocenters. The largest absolute Gasteiger partial charge is 0.478 e. The highest BCUT2D eigenvalue weighted by atomic mass is 16.4. The first-order valence-corrected chi connectivity index (χ1v) is 4.40. The van der Waals surface area contributed by atoms with E-state index in [9.17, 15) is 4.79 Å². The second-order valence-corrected chi connectivity index (χ2v) is 2.83. The monoisotopic (exact) mass is 183 g/mol. The molecule has 0 spiro atoms. The maximum absolute atomic E-state index is 10.4. The topological polar surface area (TPSA) is 49.3 Å². The molecule has 0 rings (SSSR count). The molecule has 0 bridgehead atoms. The summed E-state index contributed by atoms with van der Waals surface area (Å²) in [6, 6.07) is 0. The molecule has 0 aliphatic heterocycles. The highest BCUT2D eigenvalue weighted by molar-refractivity contribution is 5.85. The molecule has 2 N–H and O–H groups in total. The second-order valence-electron chi connectivity index (χ2n) is 2.83. The summed E-state index contributed by atoms with van der Waals surface area (Å²) in [6.45, 7) is 6.89.